The quantitative estimate of drug-likeness (QED) is 0.802. The van der Waals surface area contributed by atoms with E-state index in [0.29, 0.717) is 11.9 Å². The number of rotatable bonds is 3. The van der Waals surface area contributed by atoms with E-state index >= 15 is 0 Å². The number of nitrogens with zero attached hydrogens (tertiary/aromatic N) is 2. The summed E-state index contributed by atoms with van der Waals surface area (Å²) in [5.74, 6) is 1.51. The lowest BCUT2D eigenvalue weighted by molar-refractivity contribution is 0.0697. The number of carboxylic acid groups (broad SMARTS) is 1. The van der Waals surface area contributed by atoms with Crippen LogP contribution in [0.2, 0.25) is 0 Å². The number of hydrogen-bond acceptors (Lipinski definition) is 5. The third kappa shape index (κ3) is 2.38. The first-order valence-corrected chi connectivity index (χ1v) is 5.82. The minimum Gasteiger partial charge on any atom is -0.478 e. The number of hydrogen-bond donors (Lipinski definition) is 2. The van der Waals surface area contributed by atoms with Crippen molar-refractivity contribution in [2.45, 2.75) is 12.5 Å². The van der Waals surface area contributed by atoms with Crippen LogP contribution < -0.4 is 5.32 Å². The van der Waals surface area contributed by atoms with Crippen molar-refractivity contribution in [3.8, 4) is 0 Å². The van der Waals surface area contributed by atoms with E-state index in [1.165, 1.54) is 12.3 Å². The fraction of sp³-hybridized carbons (Fsp3) is 0.444. The van der Waals surface area contributed by atoms with Crippen LogP contribution in [0.1, 0.15) is 16.8 Å². The van der Waals surface area contributed by atoms with Crippen molar-refractivity contribution in [1.82, 2.24) is 10.2 Å². The molecule has 1 atom stereocenters. The highest BCUT2D eigenvalue weighted by Gasteiger charge is 2.19. The molecule has 0 aromatic carbocycles. The van der Waals surface area contributed by atoms with Gasteiger partial charge in [0.1, 0.15) is 5.56 Å². The molecule has 0 radical (unpaired) electrons. The number of anilines is 1. The summed E-state index contributed by atoms with van der Waals surface area (Å²) in [6.07, 6.45) is 2.43. The lowest BCUT2D eigenvalue weighted by Gasteiger charge is -2.12. The highest BCUT2D eigenvalue weighted by atomic mass is 32.2. The van der Waals surface area contributed by atoms with Crippen molar-refractivity contribution in [1.29, 1.82) is 0 Å². The van der Waals surface area contributed by atoms with E-state index in [4.69, 9.17) is 5.11 Å². The second-order valence-electron chi connectivity index (χ2n) is 3.30. The highest BCUT2D eigenvalue weighted by Crippen LogP contribution is 2.21. The first kappa shape index (κ1) is 10.2. The first-order valence-electron chi connectivity index (χ1n) is 4.66. The van der Waals surface area contributed by atoms with E-state index in [-0.39, 0.29) is 5.56 Å². The lowest BCUT2D eigenvalue weighted by Crippen LogP contribution is -2.21. The molecule has 0 bridgehead atoms. The monoisotopic (exact) mass is 225 g/mol. The van der Waals surface area contributed by atoms with Gasteiger partial charge < -0.3 is 10.4 Å². The Bertz CT molecular complexity index is 366. The third-order valence-corrected chi connectivity index (χ3v) is 3.38. The van der Waals surface area contributed by atoms with Gasteiger partial charge in [-0.15, -0.1) is 5.10 Å². The van der Waals surface area contributed by atoms with Crippen LogP contribution >= 0.6 is 11.8 Å². The van der Waals surface area contributed by atoms with Gasteiger partial charge in [0.25, 0.3) is 0 Å². The Hall–Kier alpha value is -1.30. The Balaban J connectivity index is 2.15. The average Bonchev–Trinajstić information content (AvgIpc) is 2.71. The molecule has 80 valence electrons. The van der Waals surface area contributed by atoms with Gasteiger partial charge in [-0.3, -0.25) is 0 Å². The molecule has 1 aromatic rings. The van der Waals surface area contributed by atoms with Crippen LogP contribution in [0.15, 0.2) is 12.3 Å². The molecule has 1 fully saturated rings. The minimum absolute atomic E-state index is 0.182. The second-order valence-corrected chi connectivity index (χ2v) is 4.45. The molecule has 0 aliphatic carbocycles. The summed E-state index contributed by atoms with van der Waals surface area (Å²) < 4.78 is 0. The summed E-state index contributed by atoms with van der Waals surface area (Å²) in [5, 5.41) is 19.5. The van der Waals surface area contributed by atoms with Crippen molar-refractivity contribution < 1.29 is 9.90 Å². The van der Waals surface area contributed by atoms with Gasteiger partial charge in [-0.25, -0.2) is 4.79 Å². The van der Waals surface area contributed by atoms with Crippen LogP contribution in [0.3, 0.4) is 0 Å². The Labute approximate surface area is 91.3 Å². The molecule has 1 aliphatic rings. The molecule has 1 saturated heterocycles. The number of nitrogens with one attached hydrogen (secondary N) is 1. The number of thioether (sulfide) groups is 1. The van der Waals surface area contributed by atoms with E-state index in [2.05, 4.69) is 15.5 Å². The standard InChI is InChI=1S/C9H11N3O2S/c13-9(14)7-1-3-10-12-8(7)11-6-2-4-15-5-6/h1,3,6H,2,4-5H2,(H,11,12)(H,13,14). The molecular weight excluding hydrogens is 214 g/mol. The van der Waals surface area contributed by atoms with Crippen molar-refractivity contribution >= 4 is 23.5 Å². The molecule has 6 heteroatoms. The second kappa shape index (κ2) is 4.48. The smallest absolute Gasteiger partial charge is 0.339 e. The molecular formula is C9H11N3O2S. The van der Waals surface area contributed by atoms with E-state index in [1.54, 1.807) is 0 Å². The van der Waals surface area contributed by atoms with E-state index in [1.807, 2.05) is 11.8 Å². The van der Waals surface area contributed by atoms with Crippen LogP contribution in [-0.2, 0) is 0 Å². The van der Waals surface area contributed by atoms with Gasteiger partial charge in [0.05, 0.1) is 6.20 Å². The van der Waals surface area contributed by atoms with Crippen molar-refractivity contribution in [3.05, 3.63) is 17.8 Å². The predicted octanol–water partition coefficient (Wildman–Crippen LogP) is 1.09. The van der Waals surface area contributed by atoms with Crippen LogP contribution in [0, 0.1) is 0 Å². The Kier molecular flexibility index (Phi) is 3.05. The topological polar surface area (TPSA) is 75.1 Å². The third-order valence-electron chi connectivity index (χ3n) is 2.22. The summed E-state index contributed by atoms with van der Waals surface area (Å²) in [7, 11) is 0. The van der Waals surface area contributed by atoms with Gasteiger partial charge in [-0.05, 0) is 18.2 Å². The van der Waals surface area contributed by atoms with Crippen molar-refractivity contribution in [2.75, 3.05) is 16.8 Å². The molecule has 0 saturated carbocycles. The van der Waals surface area contributed by atoms with Crippen molar-refractivity contribution in [3.63, 3.8) is 0 Å². The number of carbonyl (C=O) groups is 1. The van der Waals surface area contributed by atoms with Crippen LogP contribution in [0.25, 0.3) is 0 Å². The van der Waals surface area contributed by atoms with Crippen LogP contribution in [0.4, 0.5) is 5.82 Å². The number of aromatic carboxylic acids is 1. The summed E-state index contributed by atoms with van der Waals surface area (Å²) in [6.45, 7) is 0. The number of aromatic nitrogens is 2. The lowest BCUT2D eigenvalue weighted by atomic mass is 10.2. The maximum Gasteiger partial charge on any atom is 0.339 e. The Morgan fingerprint density at radius 2 is 2.53 bits per heavy atom. The van der Waals surface area contributed by atoms with Gasteiger partial charge in [-0.2, -0.15) is 16.9 Å². The molecule has 15 heavy (non-hydrogen) atoms. The average molecular weight is 225 g/mol. The molecule has 2 rings (SSSR count). The Morgan fingerprint density at radius 3 is 3.20 bits per heavy atom. The van der Waals surface area contributed by atoms with Crippen molar-refractivity contribution in [2.24, 2.45) is 0 Å². The largest absolute Gasteiger partial charge is 0.478 e. The zero-order valence-corrected chi connectivity index (χ0v) is 8.83. The molecule has 5 nitrogen and oxygen atoms in total. The molecule has 1 unspecified atom stereocenters. The summed E-state index contributed by atoms with van der Waals surface area (Å²) in [5.41, 5.74) is 0.182. The molecule has 1 aliphatic heterocycles. The molecule has 1 aromatic heterocycles. The fourth-order valence-corrected chi connectivity index (χ4v) is 2.61. The number of carboxylic acids is 1. The SMILES string of the molecule is O=C(O)c1ccnnc1NC1CCSC1. The minimum atomic E-state index is -0.974. The van der Waals surface area contributed by atoms with Gasteiger partial charge in [-0.1, -0.05) is 0 Å². The zero-order chi connectivity index (χ0) is 10.7. The van der Waals surface area contributed by atoms with Gasteiger partial charge in [0, 0.05) is 11.8 Å². The van der Waals surface area contributed by atoms with E-state index in [0.717, 1.165) is 17.9 Å². The molecule has 2 N–H and O–H groups in total. The molecule has 0 spiro atoms. The van der Waals surface area contributed by atoms with Gasteiger partial charge in [0.2, 0.25) is 0 Å². The molecule has 2 heterocycles. The Morgan fingerprint density at radius 1 is 1.67 bits per heavy atom. The maximum absolute atomic E-state index is 10.9. The fourth-order valence-electron chi connectivity index (χ4n) is 1.45. The summed E-state index contributed by atoms with van der Waals surface area (Å²) in [4.78, 5) is 10.9. The predicted molar refractivity (Wildman–Crippen MR) is 58.3 cm³/mol. The highest BCUT2D eigenvalue weighted by molar-refractivity contribution is 7.99. The van der Waals surface area contributed by atoms with Gasteiger partial charge in [0.15, 0.2) is 5.82 Å². The van der Waals surface area contributed by atoms with E-state index < -0.39 is 5.97 Å². The summed E-state index contributed by atoms with van der Waals surface area (Å²) in [6, 6.07) is 1.77. The van der Waals surface area contributed by atoms with Gasteiger partial charge >= 0.3 is 5.97 Å². The molecule has 0 amide bonds. The summed E-state index contributed by atoms with van der Waals surface area (Å²) >= 11 is 1.86. The maximum atomic E-state index is 10.9. The van der Waals surface area contributed by atoms with Crippen LogP contribution in [0.5, 0.6) is 0 Å². The van der Waals surface area contributed by atoms with Crippen LogP contribution in [-0.4, -0.2) is 38.8 Å². The van der Waals surface area contributed by atoms with E-state index in [9.17, 15) is 4.79 Å². The normalized spacial score (nSPS) is 20.1. The first-order chi connectivity index (χ1) is 7.27. The zero-order valence-electron chi connectivity index (χ0n) is 8.01.